The molecule has 8 heteroatoms. The van der Waals surface area contributed by atoms with Gasteiger partial charge in [-0.2, -0.15) is 8.42 Å². The third-order valence-electron chi connectivity index (χ3n) is 0.211. The summed E-state index contributed by atoms with van der Waals surface area (Å²) in [5, 5.41) is 6.00. The molecular formula is C2H8N2O4S2. The van der Waals surface area contributed by atoms with Crippen LogP contribution in [0.25, 0.3) is 0 Å². The van der Waals surface area contributed by atoms with Crippen LogP contribution in [0.1, 0.15) is 0 Å². The molecule has 62 valence electrons. The van der Waals surface area contributed by atoms with Crippen molar-refractivity contribution in [2.75, 3.05) is 7.11 Å². The van der Waals surface area contributed by atoms with E-state index in [-0.39, 0.29) is 5.17 Å². The van der Waals surface area contributed by atoms with Crippen molar-refractivity contribution in [3.8, 4) is 0 Å². The van der Waals surface area contributed by atoms with E-state index in [2.05, 4.69) is 22.5 Å². The van der Waals surface area contributed by atoms with Crippen LogP contribution in [-0.4, -0.2) is 25.2 Å². The standard InChI is InChI=1S/CH4N2S.CH4O4S/c2-1(3)4;1-5-6(2,3)4/h(H4,2,3,4);1H3,(H,2,3,4). The van der Waals surface area contributed by atoms with Crippen molar-refractivity contribution >= 4 is 28.2 Å². The molecule has 0 aromatic carbocycles. The van der Waals surface area contributed by atoms with Gasteiger partial charge >= 0.3 is 10.4 Å². The van der Waals surface area contributed by atoms with Crippen LogP contribution >= 0.6 is 12.6 Å². The second-order valence-corrected chi connectivity index (χ2v) is 2.65. The van der Waals surface area contributed by atoms with Crippen LogP contribution in [0.15, 0.2) is 0 Å². The Hall–Kier alpha value is -0.310. The lowest BCUT2D eigenvalue weighted by atomic mass is 11.4. The van der Waals surface area contributed by atoms with Gasteiger partial charge in [-0.3, -0.25) is 14.1 Å². The third-order valence-corrected chi connectivity index (χ3v) is 0.632. The average Bonchev–Trinajstić information content (AvgIpc) is 1.63. The van der Waals surface area contributed by atoms with Crippen molar-refractivity contribution in [3.05, 3.63) is 0 Å². The number of hydrogen-bond acceptors (Lipinski definition) is 4. The first-order chi connectivity index (χ1) is 4.29. The van der Waals surface area contributed by atoms with Crippen LogP contribution < -0.4 is 5.73 Å². The molecule has 0 saturated heterocycles. The lowest BCUT2D eigenvalue weighted by molar-refractivity contribution is 0.324. The second kappa shape index (κ2) is 5.47. The van der Waals surface area contributed by atoms with Crippen LogP contribution in [0.3, 0.4) is 0 Å². The number of nitrogens with one attached hydrogen (secondary N) is 1. The predicted molar refractivity (Wildman–Crippen MR) is 39.5 cm³/mol. The Labute approximate surface area is 64.2 Å². The molecule has 0 atom stereocenters. The van der Waals surface area contributed by atoms with Gasteiger partial charge in [-0.1, -0.05) is 0 Å². The zero-order chi connectivity index (χ0) is 8.78. The maximum Gasteiger partial charge on any atom is 0.397 e. The first-order valence-electron chi connectivity index (χ1n) is 1.85. The second-order valence-electron chi connectivity index (χ2n) is 0.980. The SMILES string of the molecule is COS(=O)(=O)O.N=C(N)S. The van der Waals surface area contributed by atoms with E-state index in [9.17, 15) is 8.42 Å². The van der Waals surface area contributed by atoms with Crippen LogP contribution in [0.2, 0.25) is 0 Å². The largest absolute Gasteiger partial charge is 0.397 e. The molecule has 0 aromatic heterocycles. The molecule has 0 saturated carbocycles. The first-order valence-corrected chi connectivity index (χ1v) is 3.67. The molecule has 0 aliphatic heterocycles. The highest BCUT2D eigenvalue weighted by Crippen LogP contribution is 1.74. The first kappa shape index (κ1) is 12.4. The van der Waals surface area contributed by atoms with E-state index in [0.29, 0.717) is 0 Å². The predicted octanol–water partition coefficient (Wildman–Crippen LogP) is -0.755. The van der Waals surface area contributed by atoms with E-state index in [1.165, 1.54) is 0 Å². The molecule has 0 radical (unpaired) electrons. The van der Waals surface area contributed by atoms with Gasteiger partial charge in [0, 0.05) is 0 Å². The van der Waals surface area contributed by atoms with Gasteiger partial charge in [0.25, 0.3) is 0 Å². The highest BCUT2D eigenvalue weighted by Gasteiger charge is 1.93. The summed E-state index contributed by atoms with van der Waals surface area (Å²) in [4.78, 5) is 0. The molecule has 0 rings (SSSR count). The van der Waals surface area contributed by atoms with Crippen molar-refractivity contribution < 1.29 is 17.2 Å². The maximum absolute atomic E-state index is 9.33. The summed E-state index contributed by atoms with van der Waals surface area (Å²) >= 11 is 3.33. The fourth-order valence-electron chi connectivity index (χ4n) is 0. The van der Waals surface area contributed by atoms with E-state index in [0.717, 1.165) is 7.11 Å². The molecule has 0 spiro atoms. The van der Waals surface area contributed by atoms with Crippen molar-refractivity contribution in [3.63, 3.8) is 0 Å². The van der Waals surface area contributed by atoms with E-state index < -0.39 is 10.4 Å². The Kier molecular flexibility index (Phi) is 6.77. The summed E-state index contributed by atoms with van der Waals surface area (Å²) in [6.45, 7) is 0. The smallest absolute Gasteiger partial charge is 0.379 e. The molecular weight excluding hydrogens is 180 g/mol. The van der Waals surface area contributed by atoms with Gasteiger partial charge in [0.1, 0.15) is 5.17 Å². The monoisotopic (exact) mass is 188 g/mol. The molecule has 4 N–H and O–H groups in total. The van der Waals surface area contributed by atoms with Crippen LogP contribution in [0.5, 0.6) is 0 Å². The quantitative estimate of drug-likeness (QED) is 0.187. The molecule has 6 nitrogen and oxygen atoms in total. The lowest BCUT2D eigenvalue weighted by Crippen LogP contribution is -1.96. The minimum Gasteiger partial charge on any atom is -0.379 e. The van der Waals surface area contributed by atoms with Gasteiger partial charge < -0.3 is 5.73 Å². The summed E-state index contributed by atoms with van der Waals surface area (Å²) < 4.78 is 29.7. The molecule has 0 fully saturated rings. The zero-order valence-corrected chi connectivity index (χ0v) is 6.82. The van der Waals surface area contributed by atoms with E-state index >= 15 is 0 Å². The molecule has 0 bridgehead atoms. The van der Waals surface area contributed by atoms with Gasteiger partial charge in [-0.15, -0.1) is 12.6 Å². The summed E-state index contributed by atoms with van der Waals surface area (Å²) in [6, 6.07) is 0. The Bertz CT molecular complexity index is 181. The van der Waals surface area contributed by atoms with Gasteiger partial charge in [0.2, 0.25) is 0 Å². The summed E-state index contributed by atoms with van der Waals surface area (Å²) in [5.74, 6) is 0. The van der Waals surface area contributed by atoms with Crippen molar-refractivity contribution in [2.45, 2.75) is 0 Å². The average molecular weight is 188 g/mol. The minimum absolute atomic E-state index is 0.139. The third kappa shape index (κ3) is 47.6. The molecule has 0 unspecified atom stereocenters. The molecule has 0 aliphatic carbocycles. The van der Waals surface area contributed by atoms with Gasteiger partial charge in [-0.25, -0.2) is 0 Å². The highest BCUT2D eigenvalue weighted by molar-refractivity contribution is 7.96. The molecule has 0 aliphatic rings. The van der Waals surface area contributed by atoms with E-state index in [4.69, 9.17) is 9.96 Å². The van der Waals surface area contributed by atoms with Gasteiger partial charge in [0.05, 0.1) is 7.11 Å². The Balaban J connectivity index is 0. The summed E-state index contributed by atoms with van der Waals surface area (Å²) in [6.07, 6.45) is 0. The zero-order valence-electron chi connectivity index (χ0n) is 5.10. The van der Waals surface area contributed by atoms with Crippen molar-refractivity contribution in [1.29, 1.82) is 5.41 Å². The lowest BCUT2D eigenvalue weighted by Gasteiger charge is -1.82. The number of hydrogen-bond donors (Lipinski definition) is 4. The number of nitrogens with two attached hydrogens (primary N) is 1. The van der Waals surface area contributed by atoms with Crippen molar-refractivity contribution in [1.82, 2.24) is 0 Å². The van der Waals surface area contributed by atoms with Gasteiger partial charge in [0.15, 0.2) is 0 Å². The Morgan fingerprint density at radius 1 is 1.80 bits per heavy atom. The van der Waals surface area contributed by atoms with Crippen LogP contribution in [0, 0.1) is 5.41 Å². The fraction of sp³-hybridized carbons (Fsp3) is 0.500. The summed E-state index contributed by atoms with van der Waals surface area (Å²) in [5.41, 5.74) is 4.56. The van der Waals surface area contributed by atoms with Crippen LogP contribution in [0.4, 0.5) is 0 Å². The Morgan fingerprint density at radius 2 is 1.90 bits per heavy atom. The fourth-order valence-corrected chi connectivity index (χ4v) is 0. The van der Waals surface area contributed by atoms with Crippen LogP contribution in [-0.2, 0) is 14.6 Å². The highest BCUT2D eigenvalue weighted by atomic mass is 32.3. The van der Waals surface area contributed by atoms with E-state index in [1.807, 2.05) is 0 Å². The topological polar surface area (TPSA) is 113 Å². The maximum atomic E-state index is 9.33. The number of amidine groups is 1. The normalized spacial score (nSPS) is 9.50. The Morgan fingerprint density at radius 3 is 1.90 bits per heavy atom. The molecule has 0 heterocycles. The molecule has 0 amide bonds. The minimum atomic E-state index is -4.16. The number of rotatable bonds is 1. The molecule has 0 aromatic rings. The molecule has 10 heavy (non-hydrogen) atoms. The number of thiol groups is 1. The summed E-state index contributed by atoms with van der Waals surface area (Å²) in [7, 11) is -3.29. The van der Waals surface area contributed by atoms with E-state index in [1.54, 1.807) is 0 Å². The van der Waals surface area contributed by atoms with Crippen molar-refractivity contribution in [2.24, 2.45) is 5.73 Å². The van der Waals surface area contributed by atoms with Gasteiger partial charge in [-0.05, 0) is 0 Å².